The lowest BCUT2D eigenvalue weighted by Gasteiger charge is -2.10. The lowest BCUT2D eigenvalue weighted by molar-refractivity contribution is -0.124. The molecule has 6 heteroatoms. The number of aliphatic hydroxyl groups excluding tert-OH is 1. The van der Waals surface area contributed by atoms with Crippen LogP contribution in [0.2, 0.25) is 0 Å². The smallest absolute Gasteiger partial charge is 0.267 e. The van der Waals surface area contributed by atoms with Gasteiger partial charge in [0.15, 0.2) is 0 Å². The fraction of sp³-hybridized carbons (Fsp3) is 0.182. The number of phenols is 1. The summed E-state index contributed by atoms with van der Waals surface area (Å²) in [5.74, 6) is -0.651. The first-order chi connectivity index (χ1) is 8.04. The molecule has 0 aromatic heterocycles. The lowest BCUT2D eigenvalue weighted by Crippen LogP contribution is -2.15. The lowest BCUT2D eigenvalue weighted by atomic mass is 10.1. The molecule has 0 radical (unpaired) electrons. The van der Waals surface area contributed by atoms with Gasteiger partial charge in [0.1, 0.15) is 5.75 Å². The summed E-state index contributed by atoms with van der Waals surface area (Å²) >= 11 is 2.07. The van der Waals surface area contributed by atoms with E-state index in [1.807, 2.05) is 0 Å². The Labute approximate surface area is 112 Å². The minimum absolute atomic E-state index is 0.0120. The van der Waals surface area contributed by atoms with Gasteiger partial charge < -0.3 is 10.2 Å². The number of rotatable bonds is 4. The quantitative estimate of drug-likeness (QED) is 0.287. The highest BCUT2D eigenvalue weighted by Gasteiger charge is 2.11. The van der Waals surface area contributed by atoms with E-state index >= 15 is 0 Å². The number of phenolic OH excluding ortho intramolecular Hbond substituents is 1. The van der Waals surface area contributed by atoms with E-state index in [1.165, 1.54) is 17.6 Å². The van der Waals surface area contributed by atoms with Crippen molar-refractivity contribution in [1.29, 1.82) is 0 Å². The summed E-state index contributed by atoms with van der Waals surface area (Å²) in [4.78, 5) is 10.7. The van der Waals surface area contributed by atoms with Crippen LogP contribution in [0.5, 0.6) is 5.75 Å². The predicted molar refractivity (Wildman–Crippen MR) is 69.5 cm³/mol. The largest absolute Gasteiger partial charge is 0.508 e. The van der Waals surface area contributed by atoms with Crippen molar-refractivity contribution in [3.63, 3.8) is 0 Å². The van der Waals surface area contributed by atoms with Crippen LogP contribution in [-0.4, -0.2) is 21.3 Å². The number of carbonyl (C=O) groups excluding carboxylic acids is 1. The Kier molecular flexibility index (Phi) is 5.39. The minimum Gasteiger partial charge on any atom is -0.508 e. The molecular weight excluding hydrogens is 337 g/mol. The van der Waals surface area contributed by atoms with E-state index in [4.69, 9.17) is 5.21 Å². The van der Waals surface area contributed by atoms with Crippen molar-refractivity contribution in [2.24, 2.45) is 0 Å². The molecule has 0 aliphatic rings. The van der Waals surface area contributed by atoms with Crippen LogP contribution in [0, 0.1) is 3.57 Å². The van der Waals surface area contributed by atoms with E-state index in [1.54, 1.807) is 12.1 Å². The molecule has 0 heterocycles. The summed E-state index contributed by atoms with van der Waals surface area (Å²) in [6.07, 6.45) is 1.79. The van der Waals surface area contributed by atoms with Crippen molar-refractivity contribution < 1.29 is 20.2 Å². The van der Waals surface area contributed by atoms with Crippen molar-refractivity contribution >= 4 is 28.5 Å². The van der Waals surface area contributed by atoms with Gasteiger partial charge in [0.25, 0.3) is 5.91 Å². The van der Waals surface area contributed by atoms with E-state index in [9.17, 15) is 15.0 Å². The molecule has 1 aromatic carbocycles. The normalized spacial score (nSPS) is 12.6. The van der Waals surface area contributed by atoms with E-state index < -0.39 is 12.0 Å². The van der Waals surface area contributed by atoms with Gasteiger partial charge in [-0.05, 0) is 47.2 Å². The maximum atomic E-state index is 10.7. The maximum absolute atomic E-state index is 10.7. The Bertz CT molecular complexity index is 433. The highest BCUT2D eigenvalue weighted by atomic mass is 127. The highest BCUT2D eigenvalue weighted by Crippen LogP contribution is 2.28. The fourth-order valence-corrected chi connectivity index (χ4v) is 1.78. The molecule has 0 spiro atoms. The molecule has 92 valence electrons. The topological polar surface area (TPSA) is 89.8 Å². The van der Waals surface area contributed by atoms with Crippen molar-refractivity contribution in [2.45, 2.75) is 12.5 Å². The second kappa shape index (κ2) is 6.58. The van der Waals surface area contributed by atoms with Crippen LogP contribution in [0.25, 0.3) is 0 Å². The number of halogens is 1. The molecule has 1 rings (SSSR count). The van der Waals surface area contributed by atoms with Crippen LogP contribution in [0.1, 0.15) is 18.1 Å². The van der Waals surface area contributed by atoms with Gasteiger partial charge in [-0.1, -0.05) is 6.08 Å². The fourth-order valence-electron chi connectivity index (χ4n) is 1.26. The second-order valence-electron chi connectivity index (χ2n) is 3.33. The summed E-state index contributed by atoms with van der Waals surface area (Å²) in [6, 6.07) is 4.89. The molecule has 1 amide bonds. The molecule has 0 saturated carbocycles. The molecule has 4 N–H and O–H groups in total. The summed E-state index contributed by atoms with van der Waals surface area (Å²) in [5.41, 5.74) is 1.85. The Morgan fingerprint density at radius 2 is 2.24 bits per heavy atom. The van der Waals surface area contributed by atoms with Crippen molar-refractivity contribution in [3.8, 4) is 5.75 Å². The molecule has 0 bridgehead atoms. The molecule has 5 nitrogen and oxygen atoms in total. The number of hydrogen-bond acceptors (Lipinski definition) is 4. The average molecular weight is 349 g/mol. The summed E-state index contributed by atoms with van der Waals surface area (Å²) in [7, 11) is 0. The van der Waals surface area contributed by atoms with Gasteiger partial charge in [0, 0.05) is 15.2 Å². The molecule has 0 unspecified atom stereocenters. The van der Waals surface area contributed by atoms with Crippen molar-refractivity contribution in [2.75, 3.05) is 0 Å². The first-order valence-corrected chi connectivity index (χ1v) is 5.89. The number of aliphatic hydroxyl groups is 1. The third-order valence-corrected chi connectivity index (χ3v) is 2.76. The number of amides is 1. The predicted octanol–water partition coefficient (Wildman–Crippen LogP) is 1.48. The van der Waals surface area contributed by atoms with Crippen molar-refractivity contribution in [1.82, 2.24) is 5.48 Å². The van der Waals surface area contributed by atoms with E-state index in [2.05, 4.69) is 22.6 Å². The molecular formula is C11H12INO4. The van der Waals surface area contributed by atoms with Crippen LogP contribution in [0.15, 0.2) is 30.4 Å². The van der Waals surface area contributed by atoms with Gasteiger partial charge in [0.05, 0.1) is 6.10 Å². The van der Waals surface area contributed by atoms with Gasteiger partial charge in [0.2, 0.25) is 0 Å². The van der Waals surface area contributed by atoms with Gasteiger partial charge in [-0.25, -0.2) is 5.48 Å². The van der Waals surface area contributed by atoms with Crippen LogP contribution in [0.4, 0.5) is 0 Å². The molecule has 0 saturated heterocycles. The highest BCUT2D eigenvalue weighted by molar-refractivity contribution is 14.1. The molecule has 0 aliphatic carbocycles. The van der Waals surface area contributed by atoms with E-state index in [0.29, 0.717) is 5.56 Å². The zero-order valence-corrected chi connectivity index (χ0v) is 11.0. The number of nitrogens with one attached hydrogen (secondary N) is 1. The zero-order valence-electron chi connectivity index (χ0n) is 8.80. The summed E-state index contributed by atoms with van der Waals surface area (Å²) in [5, 5.41) is 27.6. The number of benzene rings is 1. The zero-order chi connectivity index (χ0) is 12.8. The molecule has 17 heavy (non-hydrogen) atoms. The summed E-state index contributed by atoms with van der Waals surface area (Å²) < 4.78 is 0.895. The maximum Gasteiger partial charge on any atom is 0.267 e. The van der Waals surface area contributed by atoms with Crippen LogP contribution >= 0.6 is 22.6 Å². The third kappa shape index (κ3) is 4.33. The number of hydrogen-bond donors (Lipinski definition) is 4. The standard InChI is InChI=1S/C11H12INO4/c12-7-4-5-10(15)8(6-7)9(14)2-1-3-11(16)13-17/h1,3-6,9,14-15,17H,2H2,(H,13,16)/b3-1+/t9-/m0/s1. The molecule has 0 aliphatic heterocycles. The van der Waals surface area contributed by atoms with Crippen LogP contribution in [0.3, 0.4) is 0 Å². The van der Waals surface area contributed by atoms with Crippen LogP contribution < -0.4 is 5.48 Å². The van der Waals surface area contributed by atoms with Crippen LogP contribution in [-0.2, 0) is 4.79 Å². The SMILES string of the molecule is O=C(/C=C/C[C@H](O)c1cc(I)ccc1O)NO. The number of carbonyl (C=O) groups is 1. The Balaban J connectivity index is 2.69. The molecule has 1 atom stereocenters. The number of hydroxylamine groups is 1. The average Bonchev–Trinajstić information content (AvgIpc) is 2.31. The second-order valence-corrected chi connectivity index (χ2v) is 4.58. The third-order valence-electron chi connectivity index (χ3n) is 2.09. The van der Waals surface area contributed by atoms with Gasteiger partial charge in [-0.15, -0.1) is 0 Å². The van der Waals surface area contributed by atoms with Gasteiger partial charge in [-0.3, -0.25) is 10.0 Å². The minimum atomic E-state index is -0.896. The van der Waals surface area contributed by atoms with E-state index in [-0.39, 0.29) is 12.2 Å². The van der Waals surface area contributed by atoms with Gasteiger partial charge in [-0.2, -0.15) is 0 Å². The molecule has 0 fully saturated rings. The first-order valence-electron chi connectivity index (χ1n) is 4.81. The van der Waals surface area contributed by atoms with Gasteiger partial charge >= 0.3 is 0 Å². The Morgan fingerprint density at radius 3 is 2.88 bits per heavy atom. The monoisotopic (exact) mass is 349 g/mol. The molecule has 1 aromatic rings. The van der Waals surface area contributed by atoms with Crippen molar-refractivity contribution in [3.05, 3.63) is 39.5 Å². The first kappa shape index (κ1) is 13.9. The summed E-state index contributed by atoms with van der Waals surface area (Å²) in [6.45, 7) is 0. The Hall–Kier alpha value is -1.12. The Morgan fingerprint density at radius 1 is 1.53 bits per heavy atom. The van der Waals surface area contributed by atoms with E-state index in [0.717, 1.165) is 9.65 Å². The number of aromatic hydroxyl groups is 1.